The van der Waals surface area contributed by atoms with Crippen LogP contribution >= 0.6 is 0 Å². The average Bonchev–Trinajstić information content (AvgIpc) is 2.84. The van der Waals surface area contributed by atoms with E-state index >= 15 is 0 Å². The van der Waals surface area contributed by atoms with Gasteiger partial charge in [-0.3, -0.25) is 0 Å². The number of carboxylic acids is 1. The van der Waals surface area contributed by atoms with Crippen LogP contribution in [0.5, 0.6) is 0 Å². The Kier molecular flexibility index (Phi) is 6.97. The van der Waals surface area contributed by atoms with Crippen molar-refractivity contribution in [2.45, 2.75) is 30.5 Å². The molecule has 1 unspecified atom stereocenters. The van der Waals surface area contributed by atoms with Crippen LogP contribution in [0.4, 0.5) is 33.6 Å². The zero-order valence-electron chi connectivity index (χ0n) is 20.2. The van der Waals surface area contributed by atoms with Gasteiger partial charge in [-0.15, -0.1) is 0 Å². The zero-order valence-corrected chi connectivity index (χ0v) is 21.0. The standard InChI is InChI=1S/C24H23F5N4O4S/c1-23(7-5-14(25)6-8-23)19-13-32(15-3-4-17(26)18(11-15)38(2,36)37)9-10-33(19)22-30-12-16(21(34)35)20(31-22)24(27,28)29/h3-7,11-12,19H,8-10,13H2,1-2H3,(H,34,35)/t19-,23?/m0/s1. The molecule has 14 heteroatoms. The lowest BCUT2D eigenvalue weighted by Gasteiger charge is -2.49. The summed E-state index contributed by atoms with van der Waals surface area (Å²) in [6.07, 6.45) is 0.782. The molecule has 0 spiro atoms. The zero-order chi connectivity index (χ0) is 28.0. The second-order valence-electron chi connectivity index (χ2n) is 9.41. The Labute approximate surface area is 215 Å². The molecule has 0 radical (unpaired) electrons. The van der Waals surface area contributed by atoms with E-state index in [1.165, 1.54) is 29.2 Å². The number of nitrogens with zero attached hydrogens (tertiary/aromatic N) is 4. The van der Waals surface area contributed by atoms with E-state index in [1.54, 1.807) is 17.9 Å². The highest BCUT2D eigenvalue weighted by Gasteiger charge is 2.44. The summed E-state index contributed by atoms with van der Waals surface area (Å²) in [6, 6.07) is 2.95. The average molecular weight is 559 g/mol. The first kappa shape index (κ1) is 27.5. The van der Waals surface area contributed by atoms with Gasteiger partial charge in [-0.25, -0.2) is 32.0 Å². The van der Waals surface area contributed by atoms with Gasteiger partial charge in [-0.1, -0.05) is 13.0 Å². The Balaban J connectivity index is 1.78. The number of rotatable bonds is 5. The number of aromatic nitrogens is 2. The van der Waals surface area contributed by atoms with Gasteiger partial charge < -0.3 is 14.9 Å². The van der Waals surface area contributed by atoms with Crippen LogP contribution in [0.3, 0.4) is 0 Å². The molecule has 4 rings (SSSR count). The molecule has 1 saturated heterocycles. The molecule has 1 N–H and O–H groups in total. The van der Waals surface area contributed by atoms with E-state index in [9.17, 15) is 40.3 Å². The minimum Gasteiger partial charge on any atom is -0.478 e. The third-order valence-corrected chi connectivity index (χ3v) is 7.82. The number of halogens is 5. The largest absolute Gasteiger partial charge is 0.478 e. The summed E-state index contributed by atoms with van der Waals surface area (Å²) < 4.78 is 93.1. The van der Waals surface area contributed by atoms with E-state index in [4.69, 9.17) is 0 Å². The Morgan fingerprint density at radius 3 is 2.50 bits per heavy atom. The highest BCUT2D eigenvalue weighted by Crippen LogP contribution is 2.40. The molecule has 8 nitrogen and oxygen atoms in total. The molecule has 2 heterocycles. The van der Waals surface area contributed by atoms with Gasteiger partial charge in [0.25, 0.3) is 0 Å². The summed E-state index contributed by atoms with van der Waals surface area (Å²) in [5.41, 5.74) is -3.14. The van der Waals surface area contributed by atoms with Crippen LogP contribution in [-0.4, -0.2) is 61.4 Å². The summed E-state index contributed by atoms with van der Waals surface area (Å²) in [5.74, 6) is -3.57. The number of alkyl halides is 3. The van der Waals surface area contributed by atoms with Crippen LogP contribution in [0.15, 0.2) is 53.3 Å². The second kappa shape index (κ2) is 9.64. The number of aromatic carboxylic acids is 1. The molecule has 38 heavy (non-hydrogen) atoms. The molecule has 204 valence electrons. The van der Waals surface area contributed by atoms with E-state index in [0.29, 0.717) is 11.9 Å². The molecular formula is C24H23F5N4O4S. The fourth-order valence-corrected chi connectivity index (χ4v) is 5.41. The van der Waals surface area contributed by atoms with E-state index in [-0.39, 0.29) is 32.0 Å². The maximum atomic E-state index is 14.2. The van der Waals surface area contributed by atoms with Gasteiger partial charge in [-0.2, -0.15) is 13.2 Å². The molecule has 1 aliphatic heterocycles. The Morgan fingerprint density at radius 1 is 1.21 bits per heavy atom. The van der Waals surface area contributed by atoms with Crippen molar-refractivity contribution in [1.82, 2.24) is 9.97 Å². The van der Waals surface area contributed by atoms with E-state index in [1.807, 2.05) is 0 Å². The van der Waals surface area contributed by atoms with Crippen molar-refractivity contribution in [2.24, 2.45) is 5.41 Å². The predicted octanol–water partition coefficient (Wildman–Crippen LogP) is 4.25. The first-order valence-corrected chi connectivity index (χ1v) is 13.2. The van der Waals surface area contributed by atoms with Gasteiger partial charge in [0.15, 0.2) is 15.5 Å². The topological polar surface area (TPSA) is 104 Å². The monoisotopic (exact) mass is 558 g/mol. The molecule has 1 aromatic heterocycles. The van der Waals surface area contributed by atoms with E-state index in [2.05, 4.69) is 9.97 Å². The van der Waals surface area contributed by atoms with Crippen LogP contribution in [0.1, 0.15) is 29.4 Å². The number of sulfone groups is 1. The van der Waals surface area contributed by atoms with Crippen molar-refractivity contribution in [3.63, 3.8) is 0 Å². The minimum absolute atomic E-state index is 0.0512. The van der Waals surface area contributed by atoms with Crippen molar-refractivity contribution in [1.29, 1.82) is 0 Å². The predicted molar refractivity (Wildman–Crippen MR) is 128 cm³/mol. The van der Waals surface area contributed by atoms with Crippen molar-refractivity contribution in [2.75, 3.05) is 35.7 Å². The lowest BCUT2D eigenvalue weighted by atomic mass is 9.75. The molecule has 2 aromatic rings. The molecular weight excluding hydrogens is 535 g/mol. The molecule has 0 amide bonds. The smallest absolute Gasteiger partial charge is 0.434 e. The summed E-state index contributed by atoms with van der Waals surface area (Å²) in [7, 11) is -3.88. The van der Waals surface area contributed by atoms with Gasteiger partial charge in [0, 0.05) is 43.2 Å². The summed E-state index contributed by atoms with van der Waals surface area (Å²) in [6.45, 7) is 2.10. The first-order chi connectivity index (χ1) is 17.6. The van der Waals surface area contributed by atoms with Crippen LogP contribution in [0.25, 0.3) is 0 Å². The Morgan fingerprint density at radius 2 is 1.92 bits per heavy atom. The maximum Gasteiger partial charge on any atom is 0.434 e. The van der Waals surface area contributed by atoms with Crippen molar-refractivity contribution >= 4 is 27.4 Å². The molecule has 1 fully saturated rings. The van der Waals surface area contributed by atoms with Gasteiger partial charge in [-0.05, 0) is 36.8 Å². The first-order valence-electron chi connectivity index (χ1n) is 11.3. The van der Waals surface area contributed by atoms with Crippen molar-refractivity contribution in [3.05, 3.63) is 65.5 Å². The fourth-order valence-electron chi connectivity index (χ4n) is 4.65. The van der Waals surface area contributed by atoms with Gasteiger partial charge in [0.2, 0.25) is 5.95 Å². The number of hydrogen-bond acceptors (Lipinski definition) is 7. The third kappa shape index (κ3) is 5.35. The van der Waals surface area contributed by atoms with Crippen molar-refractivity contribution in [3.8, 4) is 0 Å². The number of carbonyl (C=O) groups is 1. The molecule has 2 atom stereocenters. The van der Waals surface area contributed by atoms with E-state index < -0.39 is 61.2 Å². The van der Waals surface area contributed by atoms with E-state index in [0.717, 1.165) is 12.3 Å². The lowest BCUT2D eigenvalue weighted by molar-refractivity contribution is -0.141. The molecule has 1 aromatic carbocycles. The molecule has 1 aliphatic carbocycles. The molecule has 0 saturated carbocycles. The van der Waals surface area contributed by atoms with Crippen LogP contribution in [0.2, 0.25) is 0 Å². The number of piperazine rings is 1. The minimum atomic E-state index is -5.06. The van der Waals surface area contributed by atoms with Crippen LogP contribution in [-0.2, 0) is 16.0 Å². The number of anilines is 2. The Hall–Kier alpha value is -3.55. The van der Waals surface area contributed by atoms with Gasteiger partial charge in [0.05, 0.1) is 6.04 Å². The highest BCUT2D eigenvalue weighted by molar-refractivity contribution is 7.90. The number of benzene rings is 1. The second-order valence-corrected chi connectivity index (χ2v) is 11.4. The number of carboxylic acid groups (broad SMARTS) is 1. The fraction of sp³-hybridized carbons (Fsp3) is 0.375. The van der Waals surface area contributed by atoms with Gasteiger partial charge in [0.1, 0.15) is 22.1 Å². The summed E-state index contributed by atoms with van der Waals surface area (Å²) in [4.78, 5) is 21.6. The third-order valence-electron chi connectivity index (χ3n) is 6.71. The summed E-state index contributed by atoms with van der Waals surface area (Å²) in [5, 5.41) is 9.19. The highest BCUT2D eigenvalue weighted by atomic mass is 32.2. The quantitative estimate of drug-likeness (QED) is 0.544. The van der Waals surface area contributed by atoms with Gasteiger partial charge >= 0.3 is 12.1 Å². The molecule has 0 bridgehead atoms. The number of hydrogen-bond donors (Lipinski definition) is 1. The maximum absolute atomic E-state index is 14.2. The molecule has 2 aliphatic rings. The Bertz CT molecular complexity index is 1440. The van der Waals surface area contributed by atoms with Crippen LogP contribution < -0.4 is 9.80 Å². The normalized spacial score (nSPS) is 22.4. The summed E-state index contributed by atoms with van der Waals surface area (Å²) >= 11 is 0. The lowest BCUT2D eigenvalue weighted by Crippen LogP contribution is -2.60. The van der Waals surface area contributed by atoms with Crippen LogP contribution in [0, 0.1) is 11.2 Å². The van der Waals surface area contributed by atoms with Crippen molar-refractivity contribution < 1.29 is 40.3 Å². The number of allylic oxidation sites excluding steroid dienone is 3. The SMILES string of the molecule is CC1([C@@H]2CN(c3ccc(F)c(S(C)(=O)=O)c3)CCN2c2ncc(C(=O)O)c(C(F)(F)F)n2)C=CC(F)=CC1.